The van der Waals surface area contributed by atoms with Gasteiger partial charge in [0.15, 0.2) is 0 Å². The summed E-state index contributed by atoms with van der Waals surface area (Å²) in [6, 6.07) is 6.18. The summed E-state index contributed by atoms with van der Waals surface area (Å²) in [7, 11) is 0. The second-order valence-electron chi connectivity index (χ2n) is 7.81. The first-order chi connectivity index (χ1) is 14.0. The molecule has 0 unspecified atom stereocenters. The van der Waals surface area contributed by atoms with Gasteiger partial charge in [0.1, 0.15) is 11.4 Å². The molecule has 1 heterocycles. The number of hydrogen-bond donors (Lipinski definition) is 0. The molecule has 2 nitrogen and oxygen atoms in total. The maximum absolute atomic E-state index is 6.37. The van der Waals surface area contributed by atoms with Crippen LogP contribution in [0.15, 0.2) is 70.7 Å². The summed E-state index contributed by atoms with van der Waals surface area (Å²) in [5.41, 5.74) is 11.7. The predicted octanol–water partition coefficient (Wildman–Crippen LogP) is 7.14. The largest absolute Gasteiger partial charge is 0.363 e. The third-order valence-corrected chi connectivity index (χ3v) is 5.58. The predicted molar refractivity (Wildman–Crippen MR) is 126 cm³/mol. The Hall–Kier alpha value is -2.28. The molecule has 0 atom stereocenters. The molecule has 152 valence electrons. The van der Waals surface area contributed by atoms with Gasteiger partial charge in [-0.25, -0.2) is 4.99 Å². The molecule has 3 rings (SSSR count). The Kier molecular flexibility index (Phi) is 7.36. The van der Waals surface area contributed by atoms with Crippen molar-refractivity contribution < 1.29 is 0 Å². The zero-order valence-electron chi connectivity index (χ0n) is 17.9. The molecule has 0 saturated carbocycles. The Bertz CT molecular complexity index is 939. The van der Waals surface area contributed by atoms with Crippen LogP contribution in [0.4, 0.5) is 0 Å². The van der Waals surface area contributed by atoms with Gasteiger partial charge in [0.05, 0.1) is 0 Å². The molecule has 0 spiro atoms. The van der Waals surface area contributed by atoms with Gasteiger partial charge in [-0.1, -0.05) is 48.0 Å². The lowest BCUT2D eigenvalue weighted by atomic mass is 9.88. The number of hydrogen-bond acceptors (Lipinski definition) is 2. The zero-order valence-corrected chi connectivity index (χ0v) is 18.6. The summed E-state index contributed by atoms with van der Waals surface area (Å²) in [6.07, 6.45) is 11.5. The van der Waals surface area contributed by atoms with Crippen molar-refractivity contribution in [3.05, 3.63) is 81.9 Å². The minimum atomic E-state index is 0.766. The Labute approximate surface area is 180 Å². The van der Waals surface area contributed by atoms with Gasteiger partial charge in [-0.15, -0.1) is 6.58 Å². The van der Waals surface area contributed by atoms with Crippen molar-refractivity contribution in [2.45, 2.75) is 52.9 Å². The highest BCUT2D eigenvalue weighted by Gasteiger charge is 2.25. The topological polar surface area (TPSA) is 15.6 Å². The molecule has 1 aromatic rings. The Balaban J connectivity index is 2.08. The van der Waals surface area contributed by atoms with E-state index < -0.39 is 0 Å². The molecule has 0 N–H and O–H groups in total. The maximum Gasteiger partial charge on any atom is 0.106 e. The normalized spacial score (nSPS) is 16.8. The van der Waals surface area contributed by atoms with E-state index >= 15 is 0 Å². The van der Waals surface area contributed by atoms with E-state index in [1.807, 2.05) is 6.07 Å². The monoisotopic (exact) mass is 406 g/mol. The number of dihydropyridines is 1. The van der Waals surface area contributed by atoms with Crippen LogP contribution in [0, 0.1) is 0 Å². The number of halogens is 1. The van der Waals surface area contributed by atoms with Crippen molar-refractivity contribution in [2.75, 3.05) is 13.1 Å². The van der Waals surface area contributed by atoms with Crippen molar-refractivity contribution in [3.63, 3.8) is 0 Å². The number of nitrogens with zero attached hydrogens (tertiary/aromatic N) is 2. The Morgan fingerprint density at radius 1 is 1.31 bits per heavy atom. The molecule has 1 aliphatic heterocycles. The highest BCUT2D eigenvalue weighted by atomic mass is 35.5. The lowest BCUT2D eigenvalue weighted by molar-refractivity contribution is 0.355. The average Bonchev–Trinajstić information content (AvgIpc) is 2.69. The summed E-state index contributed by atoms with van der Waals surface area (Å²) in [5, 5.41) is 0.766. The second-order valence-corrected chi connectivity index (χ2v) is 8.25. The molecule has 2 aliphatic rings. The first-order valence-corrected chi connectivity index (χ1v) is 11.0. The number of aliphatic imine (C=N–C) groups is 1. The zero-order chi connectivity index (χ0) is 20.8. The van der Waals surface area contributed by atoms with Crippen LogP contribution in [0.2, 0.25) is 5.02 Å². The van der Waals surface area contributed by atoms with Gasteiger partial charge < -0.3 is 4.90 Å². The van der Waals surface area contributed by atoms with Crippen LogP contribution in [-0.2, 0) is 6.42 Å². The maximum atomic E-state index is 6.37. The third-order valence-electron chi connectivity index (χ3n) is 5.35. The van der Waals surface area contributed by atoms with Gasteiger partial charge in [-0.2, -0.15) is 0 Å². The second kappa shape index (κ2) is 9.96. The van der Waals surface area contributed by atoms with Gasteiger partial charge in [-0.05, 0) is 68.9 Å². The molecule has 0 radical (unpaired) electrons. The molecule has 0 fully saturated rings. The summed E-state index contributed by atoms with van der Waals surface area (Å²) < 4.78 is 0. The number of benzene rings is 1. The first kappa shape index (κ1) is 21.4. The van der Waals surface area contributed by atoms with Gasteiger partial charge in [0, 0.05) is 35.8 Å². The van der Waals surface area contributed by atoms with Crippen molar-refractivity contribution in [1.82, 2.24) is 4.90 Å². The molecule has 0 aromatic heterocycles. The first-order valence-electron chi connectivity index (χ1n) is 10.6. The van der Waals surface area contributed by atoms with E-state index in [1.165, 1.54) is 22.3 Å². The highest BCUT2D eigenvalue weighted by Crippen LogP contribution is 2.34. The molecular weight excluding hydrogens is 376 g/mol. The SMILES string of the molecule is C=C(C)CCCN(CCC)C1=C=CCc2ccc(Cl)cc2C2=CCC(=CC)N=C12. The summed E-state index contributed by atoms with van der Waals surface area (Å²) in [5.74, 6) is 0. The van der Waals surface area contributed by atoms with E-state index in [9.17, 15) is 0 Å². The average molecular weight is 407 g/mol. The van der Waals surface area contributed by atoms with Gasteiger partial charge >= 0.3 is 0 Å². The molecule has 0 bridgehead atoms. The molecule has 3 heteroatoms. The Morgan fingerprint density at radius 3 is 2.86 bits per heavy atom. The lowest BCUT2D eigenvalue weighted by Gasteiger charge is -2.30. The van der Waals surface area contributed by atoms with Crippen LogP contribution in [0.25, 0.3) is 5.57 Å². The fourth-order valence-electron chi connectivity index (χ4n) is 3.87. The van der Waals surface area contributed by atoms with Crippen molar-refractivity contribution in [1.29, 1.82) is 0 Å². The van der Waals surface area contributed by atoms with Crippen LogP contribution >= 0.6 is 11.6 Å². The van der Waals surface area contributed by atoms with E-state index in [4.69, 9.17) is 16.6 Å². The number of fused-ring (bicyclic) bond motifs is 3. The fourth-order valence-corrected chi connectivity index (χ4v) is 4.05. The van der Waals surface area contributed by atoms with Gasteiger partial charge in [0.25, 0.3) is 0 Å². The van der Waals surface area contributed by atoms with Crippen molar-refractivity contribution in [3.8, 4) is 0 Å². The van der Waals surface area contributed by atoms with Crippen LogP contribution in [0.1, 0.15) is 57.6 Å². The third kappa shape index (κ3) is 5.21. The fraction of sp³-hybridized carbons (Fsp3) is 0.385. The molecule has 0 saturated heterocycles. The van der Waals surface area contributed by atoms with Gasteiger partial charge in [-0.3, -0.25) is 0 Å². The lowest BCUT2D eigenvalue weighted by Crippen LogP contribution is -2.31. The number of rotatable bonds is 7. The quantitative estimate of drug-likeness (QED) is 0.347. The highest BCUT2D eigenvalue weighted by molar-refractivity contribution is 6.34. The molecule has 1 aromatic carbocycles. The van der Waals surface area contributed by atoms with E-state index in [1.54, 1.807) is 0 Å². The van der Waals surface area contributed by atoms with E-state index in [0.29, 0.717) is 0 Å². The summed E-state index contributed by atoms with van der Waals surface area (Å²) >= 11 is 6.37. The minimum absolute atomic E-state index is 0.766. The molecule has 29 heavy (non-hydrogen) atoms. The van der Waals surface area contributed by atoms with Crippen molar-refractivity contribution in [2.24, 2.45) is 4.99 Å². The molecular formula is C26H31ClN2. The standard InChI is InChI=1S/C26H31ClN2/c1-5-16-29(17-8-9-19(3)4)25-11-7-10-20-12-13-21(27)18-24(20)23-15-14-22(6-2)28-26(23)25/h6-7,12-13,15,18H,3,5,8-10,14,16-17H2,1-2,4H3. The van der Waals surface area contributed by atoms with Crippen molar-refractivity contribution >= 4 is 22.9 Å². The van der Waals surface area contributed by atoms with E-state index in [2.05, 4.69) is 68.3 Å². The summed E-state index contributed by atoms with van der Waals surface area (Å²) in [6.45, 7) is 12.4. The van der Waals surface area contributed by atoms with E-state index in [-0.39, 0.29) is 0 Å². The molecule has 1 aliphatic carbocycles. The van der Waals surface area contributed by atoms with Crippen LogP contribution < -0.4 is 0 Å². The Morgan fingerprint density at radius 2 is 2.14 bits per heavy atom. The van der Waals surface area contributed by atoms with Gasteiger partial charge in [0.2, 0.25) is 0 Å². The van der Waals surface area contributed by atoms with Crippen LogP contribution in [0.5, 0.6) is 0 Å². The van der Waals surface area contributed by atoms with E-state index in [0.717, 1.165) is 67.3 Å². The van der Waals surface area contributed by atoms with Crippen LogP contribution in [-0.4, -0.2) is 23.7 Å². The molecule has 0 amide bonds. The minimum Gasteiger partial charge on any atom is -0.363 e. The van der Waals surface area contributed by atoms with Crippen LogP contribution in [0.3, 0.4) is 0 Å². The smallest absolute Gasteiger partial charge is 0.106 e. The summed E-state index contributed by atoms with van der Waals surface area (Å²) in [4.78, 5) is 7.51. The number of allylic oxidation sites excluding steroid dienone is 4.